The number of amides is 3. The first-order valence-corrected chi connectivity index (χ1v) is 18.4. The maximum atomic E-state index is 14.1. The molecule has 3 amide bonds. The predicted molar refractivity (Wildman–Crippen MR) is 185 cm³/mol. The molecule has 0 bridgehead atoms. The zero-order valence-corrected chi connectivity index (χ0v) is 29.3. The number of carbonyl (C=O) groups excluding carboxylic acids is 2. The summed E-state index contributed by atoms with van der Waals surface area (Å²) >= 11 is 0. The van der Waals surface area contributed by atoms with Gasteiger partial charge in [-0.2, -0.15) is 26.3 Å². The van der Waals surface area contributed by atoms with Gasteiger partial charge in [0.1, 0.15) is 6.04 Å². The van der Waals surface area contributed by atoms with Gasteiger partial charge in [0.25, 0.3) is 0 Å². The third-order valence-electron chi connectivity index (χ3n) is 11.3. The SMILES string of the molecule is Nc1c(C(F)(F)F)cc(C[C@@H](NC(=O)N2CCC(N3CCc4ccccc4NC4OC43)CC2)C(=O)N2CCC(N3CCNCC3)CC2)cc1C(F)(F)F. The second kappa shape index (κ2) is 15.1. The molecule has 5 heterocycles. The number of rotatable bonds is 6. The molecule has 3 atom stereocenters. The summed E-state index contributed by atoms with van der Waals surface area (Å²) in [6.45, 7) is 5.68. The number of fused-ring (bicyclic) bond motifs is 2. The molecule has 4 saturated heterocycles. The van der Waals surface area contributed by atoms with Crippen LogP contribution >= 0.6 is 0 Å². The molecule has 2 unspecified atom stereocenters. The maximum Gasteiger partial charge on any atom is 0.418 e. The van der Waals surface area contributed by atoms with Gasteiger partial charge in [-0.1, -0.05) is 18.2 Å². The van der Waals surface area contributed by atoms with Crippen molar-refractivity contribution in [1.82, 2.24) is 30.2 Å². The van der Waals surface area contributed by atoms with Crippen molar-refractivity contribution in [1.29, 1.82) is 0 Å². The first kappa shape index (κ1) is 37.5. The number of epoxide rings is 1. The lowest BCUT2D eigenvalue weighted by atomic mass is 9.96. The summed E-state index contributed by atoms with van der Waals surface area (Å²) in [6, 6.07) is 7.58. The number of hydrogen-bond donors (Lipinski definition) is 4. The van der Waals surface area contributed by atoms with E-state index in [1.54, 1.807) is 9.80 Å². The van der Waals surface area contributed by atoms with Gasteiger partial charge in [0, 0.05) is 83.1 Å². The number of carbonyl (C=O) groups is 2. The van der Waals surface area contributed by atoms with Gasteiger partial charge in [-0.05, 0) is 61.4 Å². The summed E-state index contributed by atoms with van der Waals surface area (Å²) in [5.41, 5.74) is 2.53. The van der Waals surface area contributed by atoms with Crippen LogP contribution in [0.1, 0.15) is 47.9 Å². The molecule has 53 heavy (non-hydrogen) atoms. The molecule has 0 aliphatic carbocycles. The Bertz CT molecular complexity index is 1600. The van der Waals surface area contributed by atoms with Crippen LogP contribution in [0.2, 0.25) is 0 Å². The summed E-state index contributed by atoms with van der Waals surface area (Å²) in [6.07, 6.45) is -7.72. The fraction of sp³-hybridized carbons (Fsp3) is 0.611. The molecular weight excluding hydrogens is 706 g/mol. The number of nitrogens with one attached hydrogen (secondary N) is 3. The van der Waals surface area contributed by atoms with Crippen LogP contribution in [0, 0.1) is 0 Å². The van der Waals surface area contributed by atoms with E-state index in [2.05, 4.69) is 31.8 Å². The predicted octanol–water partition coefficient (Wildman–Crippen LogP) is 3.94. The summed E-state index contributed by atoms with van der Waals surface area (Å²) in [5, 5.41) is 9.47. The Hall–Kier alpha value is -3.80. The number of nitrogens with two attached hydrogens (primary N) is 1. The number of likely N-dealkylation sites (tertiary alicyclic amines) is 2. The number of alkyl halides is 6. The van der Waals surface area contributed by atoms with Crippen molar-refractivity contribution in [3.63, 3.8) is 0 Å². The van der Waals surface area contributed by atoms with E-state index in [-0.39, 0.29) is 24.5 Å². The van der Waals surface area contributed by atoms with Gasteiger partial charge in [-0.15, -0.1) is 0 Å². The molecule has 0 spiro atoms. The Morgan fingerprint density at radius 1 is 0.849 bits per heavy atom. The van der Waals surface area contributed by atoms with Gasteiger partial charge < -0.3 is 36.2 Å². The van der Waals surface area contributed by atoms with Crippen LogP contribution in [-0.2, 0) is 34.7 Å². The lowest BCUT2D eigenvalue weighted by Crippen LogP contribution is -2.58. The van der Waals surface area contributed by atoms with Gasteiger partial charge in [-0.3, -0.25) is 14.6 Å². The number of hydrogen-bond acceptors (Lipinski definition) is 8. The molecule has 17 heteroatoms. The van der Waals surface area contributed by atoms with E-state index in [0.29, 0.717) is 64.0 Å². The Morgan fingerprint density at radius 3 is 2.09 bits per heavy atom. The smallest absolute Gasteiger partial charge is 0.398 e. The molecule has 0 saturated carbocycles. The second-order valence-corrected chi connectivity index (χ2v) is 14.6. The van der Waals surface area contributed by atoms with E-state index in [9.17, 15) is 35.9 Å². The third kappa shape index (κ3) is 8.47. The summed E-state index contributed by atoms with van der Waals surface area (Å²) in [7, 11) is 0. The number of piperazine rings is 1. The molecule has 2 aromatic carbocycles. The molecule has 0 radical (unpaired) electrons. The second-order valence-electron chi connectivity index (χ2n) is 14.6. The van der Waals surface area contributed by atoms with Crippen LogP contribution in [0.3, 0.4) is 0 Å². The van der Waals surface area contributed by atoms with Crippen LogP contribution in [-0.4, -0.2) is 121 Å². The van der Waals surface area contributed by atoms with E-state index >= 15 is 0 Å². The molecule has 7 rings (SSSR count). The normalized spacial score (nSPS) is 24.3. The van der Waals surface area contributed by atoms with Crippen molar-refractivity contribution in [2.24, 2.45) is 0 Å². The van der Waals surface area contributed by atoms with Gasteiger partial charge in [0.05, 0.1) is 16.8 Å². The zero-order chi connectivity index (χ0) is 37.5. The lowest BCUT2D eigenvalue weighted by molar-refractivity contribution is -0.141. The highest BCUT2D eigenvalue weighted by molar-refractivity contribution is 5.87. The number of halogens is 6. The van der Waals surface area contributed by atoms with E-state index < -0.39 is 59.1 Å². The minimum atomic E-state index is -5.17. The number of ether oxygens (including phenoxy) is 1. The molecule has 4 fully saturated rings. The highest BCUT2D eigenvalue weighted by Crippen LogP contribution is 2.42. The Labute approximate surface area is 304 Å². The minimum Gasteiger partial charge on any atom is -0.398 e. The van der Waals surface area contributed by atoms with Crippen molar-refractivity contribution in [2.45, 2.75) is 81.5 Å². The molecule has 5 N–H and O–H groups in total. The zero-order valence-electron chi connectivity index (χ0n) is 29.3. The van der Waals surface area contributed by atoms with E-state index in [4.69, 9.17) is 10.5 Å². The van der Waals surface area contributed by atoms with Crippen molar-refractivity contribution in [3.05, 3.63) is 58.7 Å². The van der Waals surface area contributed by atoms with Gasteiger partial charge in [0.2, 0.25) is 5.91 Å². The van der Waals surface area contributed by atoms with Crippen molar-refractivity contribution >= 4 is 23.3 Å². The summed E-state index contributed by atoms with van der Waals surface area (Å²) < 4.78 is 89.4. The summed E-state index contributed by atoms with van der Waals surface area (Å²) in [5.74, 6) is -0.545. The van der Waals surface area contributed by atoms with E-state index in [1.807, 2.05) is 18.2 Å². The monoisotopic (exact) mass is 752 g/mol. The average Bonchev–Trinajstić information content (AvgIpc) is 3.88. The number of urea groups is 1. The Balaban J connectivity index is 1.05. The fourth-order valence-electron chi connectivity index (χ4n) is 8.36. The number of piperidine rings is 2. The Kier molecular flexibility index (Phi) is 10.7. The number of anilines is 2. The van der Waals surface area contributed by atoms with E-state index in [1.165, 1.54) is 5.56 Å². The number of nitrogen functional groups attached to an aromatic ring is 1. The summed E-state index contributed by atoms with van der Waals surface area (Å²) in [4.78, 5) is 35.6. The quantitative estimate of drug-likeness (QED) is 0.199. The first-order chi connectivity index (χ1) is 25.3. The van der Waals surface area contributed by atoms with Crippen molar-refractivity contribution in [3.8, 4) is 0 Å². The minimum absolute atomic E-state index is 0.0884. The Morgan fingerprint density at radius 2 is 1.45 bits per heavy atom. The van der Waals surface area contributed by atoms with Crippen LogP contribution < -0.4 is 21.7 Å². The standard InChI is InChI=1S/C36H46F6N8O3/c37-35(38,39)26-19-22(20-27(30(26)43)36(40,41)42)21-29(32(51)48-12-6-24(7-13-48)47-17-10-44-11-18-47)46-34(52)49-14-8-25(9-15-49)50-16-5-23-3-1-2-4-28(23)45-31-33(50)53-31/h1-4,19-20,24-25,29,31,33,44-45H,5-18,21,43H2,(H,46,52)/t29-,31?,33?/m1/s1. The molecule has 5 aliphatic heterocycles. The fourth-order valence-corrected chi connectivity index (χ4v) is 8.36. The van der Waals surface area contributed by atoms with Crippen LogP contribution in [0.5, 0.6) is 0 Å². The molecule has 5 aliphatic rings. The molecule has 0 aromatic heterocycles. The van der Waals surface area contributed by atoms with Crippen molar-refractivity contribution < 1.29 is 40.7 Å². The number of benzene rings is 2. The molecule has 11 nitrogen and oxygen atoms in total. The third-order valence-corrected chi connectivity index (χ3v) is 11.3. The molecule has 2 aromatic rings. The topological polar surface area (TPSA) is 122 Å². The largest absolute Gasteiger partial charge is 0.418 e. The molecule has 290 valence electrons. The van der Waals surface area contributed by atoms with E-state index in [0.717, 1.165) is 44.8 Å². The first-order valence-electron chi connectivity index (χ1n) is 18.4. The maximum absolute atomic E-state index is 14.1. The molecular formula is C36H46F6N8O3. The lowest BCUT2D eigenvalue weighted by Gasteiger charge is -2.41. The van der Waals surface area contributed by atoms with Gasteiger partial charge >= 0.3 is 18.4 Å². The number of para-hydroxylation sites is 1. The van der Waals surface area contributed by atoms with Crippen LogP contribution in [0.15, 0.2) is 36.4 Å². The van der Waals surface area contributed by atoms with Gasteiger partial charge in [-0.25, -0.2) is 4.79 Å². The average molecular weight is 753 g/mol. The highest BCUT2D eigenvalue weighted by atomic mass is 19.4. The highest BCUT2D eigenvalue weighted by Gasteiger charge is 2.48. The van der Waals surface area contributed by atoms with Crippen molar-refractivity contribution in [2.75, 3.05) is 70.0 Å². The van der Waals surface area contributed by atoms with Crippen LogP contribution in [0.4, 0.5) is 42.5 Å². The number of nitrogens with zero attached hydrogens (tertiary/aromatic N) is 4. The van der Waals surface area contributed by atoms with Crippen LogP contribution in [0.25, 0.3) is 0 Å². The van der Waals surface area contributed by atoms with Gasteiger partial charge in [0.15, 0.2) is 12.5 Å².